The molecule has 1 aromatic carbocycles. The van der Waals surface area contributed by atoms with Crippen LogP contribution in [-0.4, -0.2) is 29.0 Å². The Kier molecular flexibility index (Phi) is 3.60. The van der Waals surface area contributed by atoms with E-state index in [1.54, 1.807) is 12.3 Å². The van der Waals surface area contributed by atoms with E-state index in [9.17, 15) is 10.1 Å². The van der Waals surface area contributed by atoms with Crippen LogP contribution >= 0.6 is 11.3 Å². The van der Waals surface area contributed by atoms with Crippen LogP contribution in [0.5, 0.6) is 0 Å². The van der Waals surface area contributed by atoms with Gasteiger partial charge in [-0.1, -0.05) is 18.2 Å². The highest BCUT2D eigenvalue weighted by Crippen LogP contribution is 2.30. The van der Waals surface area contributed by atoms with Gasteiger partial charge >= 0.3 is 0 Å². The average molecular weight is 324 g/mol. The van der Waals surface area contributed by atoms with Crippen molar-refractivity contribution in [1.82, 2.24) is 15.6 Å². The molecular weight excluding hydrogens is 308 g/mol. The van der Waals surface area contributed by atoms with E-state index in [0.717, 1.165) is 18.4 Å². The number of hydrogen-bond donors (Lipinski definition) is 2. The average Bonchev–Trinajstić information content (AvgIpc) is 3.31. The molecule has 2 bridgehead atoms. The molecule has 2 fully saturated rings. The van der Waals surface area contributed by atoms with Crippen molar-refractivity contribution >= 4 is 17.2 Å². The molecule has 23 heavy (non-hydrogen) atoms. The number of nitrogens with one attached hydrogen (secondary N) is 2. The summed E-state index contributed by atoms with van der Waals surface area (Å²) in [5.41, 5.74) is 1.35. The lowest BCUT2D eigenvalue weighted by Gasteiger charge is -2.20. The molecule has 116 valence electrons. The third-order valence-corrected chi connectivity index (χ3v) is 5.65. The van der Waals surface area contributed by atoms with Gasteiger partial charge in [0.15, 0.2) is 0 Å². The Morgan fingerprint density at radius 1 is 1.39 bits per heavy atom. The molecule has 5 nitrogen and oxygen atoms in total. The van der Waals surface area contributed by atoms with Crippen LogP contribution in [0.2, 0.25) is 0 Å². The molecule has 6 heteroatoms. The van der Waals surface area contributed by atoms with Crippen LogP contribution in [0.1, 0.15) is 34.5 Å². The van der Waals surface area contributed by atoms with Crippen LogP contribution in [0.4, 0.5) is 0 Å². The van der Waals surface area contributed by atoms with Crippen LogP contribution in [0, 0.1) is 11.3 Å². The van der Waals surface area contributed by atoms with Crippen molar-refractivity contribution in [1.29, 1.82) is 5.26 Å². The van der Waals surface area contributed by atoms with E-state index in [1.807, 2.05) is 18.2 Å². The summed E-state index contributed by atoms with van der Waals surface area (Å²) in [5, 5.41) is 16.5. The molecule has 0 spiro atoms. The highest BCUT2D eigenvalue weighted by Gasteiger charge is 2.39. The van der Waals surface area contributed by atoms with Gasteiger partial charge in [-0.25, -0.2) is 4.98 Å². The third kappa shape index (κ3) is 2.62. The monoisotopic (exact) mass is 324 g/mol. The van der Waals surface area contributed by atoms with Crippen molar-refractivity contribution in [2.45, 2.75) is 37.4 Å². The fourth-order valence-corrected chi connectivity index (χ4v) is 4.35. The smallest absolute Gasteiger partial charge is 0.263 e. The zero-order valence-corrected chi connectivity index (χ0v) is 13.3. The maximum absolute atomic E-state index is 12.4. The fourth-order valence-electron chi connectivity index (χ4n) is 3.49. The first-order valence-corrected chi connectivity index (χ1v) is 8.58. The van der Waals surface area contributed by atoms with Gasteiger partial charge in [0.25, 0.3) is 5.91 Å². The summed E-state index contributed by atoms with van der Waals surface area (Å²) in [6, 6.07) is 10.7. The summed E-state index contributed by atoms with van der Waals surface area (Å²) in [6.45, 7) is 0. The number of carbonyl (C=O) groups is 1. The number of benzene rings is 1. The van der Waals surface area contributed by atoms with Crippen LogP contribution in [-0.2, 0) is 0 Å². The molecule has 2 aliphatic rings. The van der Waals surface area contributed by atoms with Gasteiger partial charge in [-0.15, -0.1) is 11.3 Å². The SMILES string of the molecule is N#Cc1ccccc1-c1ncc(C(=O)N[C@@H]2C[C@H]3CC[C@@H]2N3)s1. The lowest BCUT2D eigenvalue weighted by atomic mass is 9.95. The minimum atomic E-state index is -0.0671. The quantitative estimate of drug-likeness (QED) is 0.908. The Balaban J connectivity index is 1.51. The van der Waals surface area contributed by atoms with E-state index in [0.29, 0.717) is 27.5 Å². The number of nitriles is 1. The Labute approximate surface area is 138 Å². The van der Waals surface area contributed by atoms with Crippen molar-refractivity contribution in [3.8, 4) is 16.6 Å². The first-order valence-electron chi connectivity index (χ1n) is 7.77. The summed E-state index contributed by atoms with van der Waals surface area (Å²) in [6.07, 6.45) is 4.97. The lowest BCUT2D eigenvalue weighted by Crippen LogP contribution is -2.42. The molecule has 1 amide bonds. The standard InChI is InChI=1S/C17H16N4OS/c18-8-10-3-1-2-4-12(10)17-19-9-15(23-17)16(22)21-14-7-11-5-6-13(14)20-11/h1-4,9,11,13-14,20H,5-7H2,(H,21,22)/t11-,13+,14-/m1/s1. The second-order valence-electron chi connectivity index (χ2n) is 6.05. The fraction of sp³-hybridized carbons (Fsp3) is 0.353. The molecule has 2 N–H and O–H groups in total. The molecule has 2 saturated heterocycles. The number of fused-ring (bicyclic) bond motifs is 2. The van der Waals surface area contributed by atoms with Crippen molar-refractivity contribution < 1.29 is 4.79 Å². The largest absolute Gasteiger partial charge is 0.347 e. The summed E-state index contributed by atoms with van der Waals surface area (Å²) >= 11 is 1.33. The summed E-state index contributed by atoms with van der Waals surface area (Å²) in [5.74, 6) is -0.0671. The van der Waals surface area contributed by atoms with Gasteiger partial charge in [0.05, 0.1) is 17.8 Å². The highest BCUT2D eigenvalue weighted by molar-refractivity contribution is 7.16. The number of thiazole rings is 1. The van der Waals surface area contributed by atoms with E-state index in [2.05, 4.69) is 21.7 Å². The van der Waals surface area contributed by atoms with Crippen molar-refractivity contribution in [3.63, 3.8) is 0 Å². The number of hydrogen-bond acceptors (Lipinski definition) is 5. The summed E-state index contributed by atoms with van der Waals surface area (Å²) in [7, 11) is 0. The van der Waals surface area contributed by atoms with Gasteiger partial charge in [0, 0.05) is 23.7 Å². The molecule has 3 atom stereocenters. The van der Waals surface area contributed by atoms with E-state index < -0.39 is 0 Å². The van der Waals surface area contributed by atoms with Crippen molar-refractivity contribution in [3.05, 3.63) is 40.9 Å². The van der Waals surface area contributed by atoms with Gasteiger partial charge in [-0.3, -0.25) is 4.79 Å². The molecule has 0 aliphatic carbocycles. The van der Waals surface area contributed by atoms with E-state index in [1.165, 1.54) is 17.8 Å². The molecular formula is C17H16N4OS. The first kappa shape index (κ1) is 14.4. The van der Waals surface area contributed by atoms with Crippen molar-refractivity contribution in [2.24, 2.45) is 0 Å². The molecule has 3 heterocycles. The van der Waals surface area contributed by atoms with Gasteiger partial charge in [-0.2, -0.15) is 5.26 Å². The molecule has 0 saturated carbocycles. The Morgan fingerprint density at radius 2 is 2.26 bits per heavy atom. The topological polar surface area (TPSA) is 77.8 Å². The number of amides is 1. The molecule has 4 rings (SSSR count). The molecule has 1 aromatic heterocycles. The van der Waals surface area contributed by atoms with Gasteiger partial charge < -0.3 is 10.6 Å². The maximum Gasteiger partial charge on any atom is 0.263 e. The Bertz CT molecular complexity index is 794. The predicted octanol–water partition coefficient (Wildman–Crippen LogP) is 2.30. The summed E-state index contributed by atoms with van der Waals surface area (Å²) in [4.78, 5) is 17.4. The second kappa shape index (κ2) is 5.76. The van der Waals surface area contributed by atoms with Gasteiger partial charge in [-0.05, 0) is 25.3 Å². The summed E-state index contributed by atoms with van der Waals surface area (Å²) < 4.78 is 0. The molecule has 0 unspecified atom stereocenters. The van der Waals surface area contributed by atoms with E-state index in [-0.39, 0.29) is 11.9 Å². The van der Waals surface area contributed by atoms with Crippen LogP contribution in [0.15, 0.2) is 30.5 Å². The minimum absolute atomic E-state index is 0.0671. The zero-order chi connectivity index (χ0) is 15.8. The number of nitrogens with zero attached hydrogens (tertiary/aromatic N) is 2. The molecule has 2 aromatic rings. The molecule has 2 aliphatic heterocycles. The normalized spacial score (nSPS) is 25.3. The van der Waals surface area contributed by atoms with Crippen LogP contribution in [0.25, 0.3) is 10.6 Å². The predicted molar refractivity (Wildman–Crippen MR) is 88.1 cm³/mol. The second-order valence-corrected chi connectivity index (χ2v) is 7.08. The number of rotatable bonds is 3. The van der Waals surface area contributed by atoms with E-state index in [4.69, 9.17) is 0 Å². The molecule has 0 radical (unpaired) electrons. The number of aromatic nitrogens is 1. The van der Waals surface area contributed by atoms with E-state index >= 15 is 0 Å². The third-order valence-electron chi connectivity index (χ3n) is 4.62. The zero-order valence-electron chi connectivity index (χ0n) is 12.5. The van der Waals surface area contributed by atoms with Crippen LogP contribution < -0.4 is 10.6 Å². The Hall–Kier alpha value is -2.23. The Morgan fingerprint density at radius 3 is 3.00 bits per heavy atom. The first-order chi connectivity index (χ1) is 11.2. The van der Waals surface area contributed by atoms with Crippen LogP contribution in [0.3, 0.4) is 0 Å². The lowest BCUT2D eigenvalue weighted by molar-refractivity contribution is 0.0935. The maximum atomic E-state index is 12.4. The minimum Gasteiger partial charge on any atom is -0.347 e. The highest BCUT2D eigenvalue weighted by atomic mass is 32.1. The van der Waals surface area contributed by atoms with Gasteiger partial charge in [0.1, 0.15) is 9.88 Å². The number of carbonyl (C=O) groups excluding carboxylic acids is 1. The van der Waals surface area contributed by atoms with Gasteiger partial charge in [0.2, 0.25) is 0 Å². The van der Waals surface area contributed by atoms with Crippen molar-refractivity contribution in [2.75, 3.05) is 0 Å².